The second kappa shape index (κ2) is 14.3. The normalized spacial score (nSPS) is 10.9. The van der Waals surface area contributed by atoms with Crippen LogP contribution in [0.5, 0.6) is 5.75 Å². The quantitative estimate of drug-likeness (QED) is 0.181. The Morgan fingerprint density at radius 2 is 1.24 bits per heavy atom. The number of nitrogens with zero attached hydrogens (tertiary/aromatic N) is 2. The van der Waals surface area contributed by atoms with Gasteiger partial charge in [-0.2, -0.15) is 0 Å². The van der Waals surface area contributed by atoms with Crippen molar-refractivity contribution in [1.82, 2.24) is 9.97 Å². The van der Waals surface area contributed by atoms with Gasteiger partial charge in [-0.15, -0.1) is 0 Å². The smallest absolute Gasteiger partial charge is 0.343 e. The van der Waals surface area contributed by atoms with Gasteiger partial charge in [-0.1, -0.05) is 102 Å². The van der Waals surface area contributed by atoms with E-state index in [2.05, 4.69) is 35.9 Å². The first-order valence-electron chi connectivity index (χ1n) is 12.9. The van der Waals surface area contributed by atoms with Crippen LogP contribution >= 0.6 is 0 Å². The topological polar surface area (TPSA) is 52.1 Å². The molecule has 3 rings (SSSR count). The summed E-state index contributed by atoms with van der Waals surface area (Å²) in [5.74, 6) is 0.575. The molecule has 0 radical (unpaired) electrons. The van der Waals surface area contributed by atoms with Gasteiger partial charge in [0.15, 0.2) is 11.6 Å². The van der Waals surface area contributed by atoms with Crippen LogP contribution in [0.2, 0.25) is 0 Å². The van der Waals surface area contributed by atoms with E-state index in [1.807, 2.05) is 36.4 Å². The summed E-state index contributed by atoms with van der Waals surface area (Å²) >= 11 is 0. The van der Waals surface area contributed by atoms with Gasteiger partial charge in [-0.05, 0) is 42.5 Å². The Hall–Kier alpha value is -3.01. The number of aromatic nitrogens is 2. The SMILES string of the molecule is CCCCCCCCCCc1ccc(C(=O)Oc2cnc(-c3ccc(CCC)cc3)nc2)cc1. The molecule has 0 saturated carbocycles. The minimum absolute atomic E-state index is 0.347. The van der Waals surface area contributed by atoms with Crippen molar-refractivity contribution in [1.29, 1.82) is 0 Å². The molecule has 1 aromatic heterocycles. The summed E-state index contributed by atoms with van der Waals surface area (Å²) < 4.78 is 5.47. The molecule has 4 nitrogen and oxygen atoms in total. The van der Waals surface area contributed by atoms with Crippen LogP contribution in [-0.2, 0) is 12.8 Å². The van der Waals surface area contributed by atoms with Crippen molar-refractivity contribution in [3.63, 3.8) is 0 Å². The lowest BCUT2D eigenvalue weighted by Gasteiger charge is -2.07. The van der Waals surface area contributed by atoms with Crippen LogP contribution < -0.4 is 4.74 Å². The molecule has 0 aliphatic rings. The van der Waals surface area contributed by atoms with Crippen molar-refractivity contribution in [2.45, 2.75) is 84.5 Å². The first-order chi connectivity index (χ1) is 16.7. The van der Waals surface area contributed by atoms with Crippen molar-refractivity contribution in [3.8, 4) is 17.1 Å². The lowest BCUT2D eigenvalue weighted by molar-refractivity contribution is 0.0733. The van der Waals surface area contributed by atoms with E-state index in [4.69, 9.17) is 4.74 Å². The van der Waals surface area contributed by atoms with Crippen molar-refractivity contribution in [2.24, 2.45) is 0 Å². The predicted octanol–water partition coefficient (Wildman–Crippen LogP) is 8.00. The van der Waals surface area contributed by atoms with Crippen LogP contribution in [0, 0.1) is 0 Å². The van der Waals surface area contributed by atoms with Gasteiger partial charge in [-0.3, -0.25) is 0 Å². The van der Waals surface area contributed by atoms with E-state index in [1.54, 1.807) is 12.4 Å². The Labute approximate surface area is 204 Å². The average molecular weight is 459 g/mol. The van der Waals surface area contributed by atoms with Crippen molar-refractivity contribution in [2.75, 3.05) is 0 Å². The lowest BCUT2D eigenvalue weighted by atomic mass is 10.0. The highest BCUT2D eigenvalue weighted by atomic mass is 16.5. The number of hydrogen-bond donors (Lipinski definition) is 0. The molecule has 3 aromatic rings. The van der Waals surface area contributed by atoms with E-state index in [-0.39, 0.29) is 5.97 Å². The summed E-state index contributed by atoms with van der Waals surface area (Å²) in [5.41, 5.74) is 4.06. The molecule has 0 spiro atoms. The van der Waals surface area contributed by atoms with Crippen molar-refractivity contribution in [3.05, 3.63) is 77.6 Å². The molecular weight excluding hydrogens is 420 g/mol. The van der Waals surface area contributed by atoms with Crippen molar-refractivity contribution >= 4 is 5.97 Å². The molecule has 2 aromatic carbocycles. The lowest BCUT2D eigenvalue weighted by Crippen LogP contribution is -2.09. The Balaban J connectivity index is 1.43. The molecule has 0 fully saturated rings. The number of carbonyl (C=O) groups is 1. The number of hydrogen-bond acceptors (Lipinski definition) is 4. The van der Waals surface area contributed by atoms with Crippen LogP contribution in [0.1, 0.15) is 93.1 Å². The monoisotopic (exact) mass is 458 g/mol. The third-order valence-corrected chi connectivity index (χ3v) is 6.10. The summed E-state index contributed by atoms with van der Waals surface area (Å²) in [7, 11) is 0. The number of carbonyl (C=O) groups excluding carboxylic acids is 1. The van der Waals surface area contributed by atoms with E-state index in [0.29, 0.717) is 17.1 Å². The number of benzene rings is 2. The van der Waals surface area contributed by atoms with Gasteiger partial charge in [0.25, 0.3) is 0 Å². The summed E-state index contributed by atoms with van der Waals surface area (Å²) in [5, 5.41) is 0. The van der Waals surface area contributed by atoms with Crippen LogP contribution in [0.4, 0.5) is 0 Å². The number of esters is 1. The maximum atomic E-state index is 12.5. The van der Waals surface area contributed by atoms with Gasteiger partial charge in [0.05, 0.1) is 18.0 Å². The average Bonchev–Trinajstić information content (AvgIpc) is 2.87. The second-order valence-electron chi connectivity index (χ2n) is 9.00. The Morgan fingerprint density at radius 3 is 1.85 bits per heavy atom. The summed E-state index contributed by atoms with van der Waals surface area (Å²) in [6, 6.07) is 16.0. The third-order valence-electron chi connectivity index (χ3n) is 6.10. The zero-order valence-electron chi connectivity index (χ0n) is 20.8. The molecule has 0 aliphatic carbocycles. The van der Waals surface area contributed by atoms with Crippen molar-refractivity contribution < 1.29 is 9.53 Å². The highest BCUT2D eigenvalue weighted by Crippen LogP contribution is 2.19. The zero-order chi connectivity index (χ0) is 24.0. The first kappa shape index (κ1) is 25.6. The Kier molecular flexibility index (Phi) is 10.8. The van der Waals surface area contributed by atoms with Gasteiger partial charge in [0.1, 0.15) is 0 Å². The largest absolute Gasteiger partial charge is 0.420 e. The Bertz CT molecular complexity index is 980. The molecule has 1 heterocycles. The fourth-order valence-electron chi connectivity index (χ4n) is 4.06. The first-order valence-corrected chi connectivity index (χ1v) is 12.9. The maximum Gasteiger partial charge on any atom is 0.343 e. The van der Waals surface area contributed by atoms with Gasteiger partial charge in [0, 0.05) is 5.56 Å². The highest BCUT2D eigenvalue weighted by molar-refractivity contribution is 5.91. The third kappa shape index (κ3) is 8.40. The van der Waals surface area contributed by atoms with E-state index in [0.717, 1.165) is 24.8 Å². The molecule has 34 heavy (non-hydrogen) atoms. The van der Waals surface area contributed by atoms with E-state index in [9.17, 15) is 4.79 Å². The summed E-state index contributed by atoms with van der Waals surface area (Å²) in [4.78, 5) is 21.2. The molecule has 0 atom stereocenters. The highest BCUT2D eigenvalue weighted by Gasteiger charge is 2.10. The van der Waals surface area contributed by atoms with Gasteiger partial charge in [0.2, 0.25) is 0 Å². The maximum absolute atomic E-state index is 12.5. The minimum Gasteiger partial charge on any atom is -0.420 e. The zero-order valence-corrected chi connectivity index (χ0v) is 20.8. The van der Waals surface area contributed by atoms with E-state index >= 15 is 0 Å². The number of rotatable bonds is 14. The van der Waals surface area contributed by atoms with E-state index < -0.39 is 0 Å². The standard InChI is InChI=1S/C30H38N2O2/c1-3-5-6-7-8-9-10-11-13-25-16-20-27(21-17-25)30(33)34-28-22-31-29(32-23-28)26-18-14-24(12-4-2)15-19-26/h14-23H,3-13H2,1-2H3. The molecule has 0 N–H and O–H groups in total. The number of aryl methyl sites for hydroxylation is 2. The van der Waals surface area contributed by atoms with Crippen LogP contribution in [0.3, 0.4) is 0 Å². The molecule has 180 valence electrons. The van der Waals surface area contributed by atoms with Gasteiger partial charge in [-0.25, -0.2) is 14.8 Å². The van der Waals surface area contributed by atoms with E-state index in [1.165, 1.54) is 62.5 Å². The Morgan fingerprint density at radius 1 is 0.676 bits per heavy atom. The summed E-state index contributed by atoms with van der Waals surface area (Å²) in [6.45, 7) is 4.42. The fraction of sp³-hybridized carbons (Fsp3) is 0.433. The predicted molar refractivity (Wildman–Crippen MR) is 139 cm³/mol. The number of unbranched alkanes of at least 4 members (excludes halogenated alkanes) is 7. The second-order valence-corrected chi connectivity index (χ2v) is 9.00. The van der Waals surface area contributed by atoms with Crippen LogP contribution in [0.25, 0.3) is 11.4 Å². The summed E-state index contributed by atoms with van der Waals surface area (Å²) in [6.07, 6.45) is 16.9. The molecular formula is C30H38N2O2. The van der Waals surface area contributed by atoms with Crippen LogP contribution in [0.15, 0.2) is 60.9 Å². The fourth-order valence-corrected chi connectivity index (χ4v) is 4.06. The molecule has 0 bridgehead atoms. The molecule has 0 unspecified atom stereocenters. The van der Waals surface area contributed by atoms with Gasteiger partial charge >= 0.3 is 5.97 Å². The molecule has 0 amide bonds. The minimum atomic E-state index is -0.390. The molecule has 0 aliphatic heterocycles. The van der Waals surface area contributed by atoms with Gasteiger partial charge < -0.3 is 4.74 Å². The van der Waals surface area contributed by atoms with Crippen LogP contribution in [-0.4, -0.2) is 15.9 Å². The number of ether oxygens (including phenoxy) is 1. The molecule has 0 saturated heterocycles. The molecule has 4 heteroatoms.